The summed E-state index contributed by atoms with van der Waals surface area (Å²) in [6, 6.07) is 13.5. The summed E-state index contributed by atoms with van der Waals surface area (Å²) < 4.78 is 52.0. The summed E-state index contributed by atoms with van der Waals surface area (Å²) in [5.41, 5.74) is 1.79. The predicted octanol–water partition coefficient (Wildman–Crippen LogP) is 5.54. The smallest absolute Gasteiger partial charge is 0.497 e. The van der Waals surface area contributed by atoms with Gasteiger partial charge in [0.1, 0.15) is 17.2 Å². The van der Waals surface area contributed by atoms with E-state index in [4.69, 9.17) is 9.47 Å². The minimum absolute atomic E-state index is 0.124. The number of carbonyl (C=O) groups excluding carboxylic acids is 1. The number of rotatable bonds is 5. The largest absolute Gasteiger partial charge is 0.573 e. The van der Waals surface area contributed by atoms with Crippen LogP contribution in [0.2, 0.25) is 0 Å². The summed E-state index contributed by atoms with van der Waals surface area (Å²) in [5, 5.41) is 0.425. The minimum Gasteiger partial charge on any atom is -0.497 e. The molecule has 2 heterocycles. The molecule has 1 aliphatic carbocycles. The van der Waals surface area contributed by atoms with Crippen molar-refractivity contribution in [2.24, 2.45) is 0 Å². The lowest BCUT2D eigenvalue weighted by Crippen LogP contribution is -2.27. The Kier molecular flexibility index (Phi) is 5.87. The molecule has 0 saturated carbocycles. The van der Waals surface area contributed by atoms with Crippen LogP contribution in [-0.2, 0) is 6.42 Å². The Morgan fingerprint density at radius 2 is 1.78 bits per heavy atom. The van der Waals surface area contributed by atoms with Crippen molar-refractivity contribution in [3.05, 3.63) is 87.8 Å². The number of benzene rings is 2. The highest BCUT2D eigenvalue weighted by Crippen LogP contribution is 2.33. The van der Waals surface area contributed by atoms with Gasteiger partial charge in [0.05, 0.1) is 18.2 Å². The Morgan fingerprint density at radius 1 is 0.972 bits per heavy atom. The van der Waals surface area contributed by atoms with E-state index in [2.05, 4.69) is 14.7 Å². The van der Waals surface area contributed by atoms with Crippen LogP contribution in [0.3, 0.4) is 0 Å². The van der Waals surface area contributed by atoms with E-state index < -0.39 is 12.1 Å². The summed E-state index contributed by atoms with van der Waals surface area (Å²) in [6.07, 6.45) is -2.67. The number of fused-ring (bicyclic) bond motifs is 2. The molecule has 2 aromatic carbocycles. The molecule has 1 N–H and O–H groups in total. The third-order valence-corrected chi connectivity index (χ3v) is 5.94. The molecule has 0 spiro atoms. The number of Topliss-reactive ketones (excluding diaryl/α,β-unsaturated/α-hetero) is 1. The topological polar surface area (TPSA) is 90.5 Å². The fraction of sp³-hybridized carbons (Fsp3) is 0.192. The molecule has 2 aromatic heterocycles. The van der Waals surface area contributed by atoms with Crippen LogP contribution < -0.4 is 19.6 Å². The molecule has 0 radical (unpaired) electrons. The number of halogens is 3. The van der Waals surface area contributed by atoms with E-state index >= 15 is 0 Å². The second kappa shape index (κ2) is 9.03. The van der Waals surface area contributed by atoms with Crippen molar-refractivity contribution in [1.29, 1.82) is 0 Å². The van der Waals surface area contributed by atoms with Gasteiger partial charge in [-0.2, -0.15) is 0 Å². The number of pyridine rings is 2. The predicted molar refractivity (Wildman–Crippen MR) is 124 cm³/mol. The van der Waals surface area contributed by atoms with E-state index in [1.165, 1.54) is 25.3 Å². The van der Waals surface area contributed by atoms with E-state index in [1.54, 1.807) is 36.5 Å². The first-order valence-electron chi connectivity index (χ1n) is 11.0. The average molecular weight is 496 g/mol. The van der Waals surface area contributed by atoms with Crippen molar-refractivity contribution >= 4 is 16.7 Å². The van der Waals surface area contributed by atoms with Crippen LogP contribution in [0.1, 0.15) is 34.0 Å². The monoisotopic (exact) mass is 496 g/mol. The van der Waals surface area contributed by atoms with E-state index in [0.29, 0.717) is 28.8 Å². The Bertz CT molecular complexity index is 1510. The van der Waals surface area contributed by atoms with E-state index in [9.17, 15) is 22.8 Å². The molecule has 0 amide bonds. The number of nitrogens with one attached hydrogen (secondary N) is 1. The molecule has 1 aliphatic rings. The molecule has 5 rings (SSSR count). The number of nitrogens with zero attached hydrogens (tertiary/aromatic N) is 1. The first-order valence-corrected chi connectivity index (χ1v) is 11.0. The van der Waals surface area contributed by atoms with Crippen LogP contribution in [-0.4, -0.2) is 29.2 Å². The Hall–Kier alpha value is -4.34. The van der Waals surface area contributed by atoms with E-state index in [-0.39, 0.29) is 40.7 Å². The first kappa shape index (κ1) is 23.4. The number of aromatic nitrogens is 2. The zero-order valence-corrected chi connectivity index (χ0v) is 18.9. The summed E-state index contributed by atoms with van der Waals surface area (Å²) in [6.45, 7) is 0. The average Bonchev–Trinajstić information content (AvgIpc) is 2.83. The molecule has 184 valence electrons. The summed E-state index contributed by atoms with van der Waals surface area (Å²) in [4.78, 5) is 33.3. The van der Waals surface area contributed by atoms with Gasteiger partial charge in [0, 0.05) is 41.9 Å². The van der Waals surface area contributed by atoms with Gasteiger partial charge in [0.25, 0.3) is 0 Å². The van der Waals surface area contributed by atoms with Gasteiger partial charge in [0.2, 0.25) is 5.88 Å². The fourth-order valence-electron chi connectivity index (χ4n) is 4.33. The van der Waals surface area contributed by atoms with Crippen LogP contribution in [0, 0.1) is 0 Å². The maximum Gasteiger partial charge on any atom is 0.573 e. The molecule has 7 nitrogen and oxygen atoms in total. The summed E-state index contributed by atoms with van der Waals surface area (Å²) in [5.74, 6) is 0.00797. The number of H-pyrrole nitrogens is 1. The van der Waals surface area contributed by atoms with Gasteiger partial charge >= 0.3 is 6.36 Å². The zero-order valence-electron chi connectivity index (χ0n) is 18.9. The number of carbonyl (C=O) groups is 1. The molecule has 4 aromatic rings. The second-order valence-electron chi connectivity index (χ2n) is 8.30. The van der Waals surface area contributed by atoms with E-state index in [0.717, 1.165) is 11.6 Å². The maximum atomic E-state index is 13.0. The minimum atomic E-state index is -4.81. The Labute approximate surface area is 202 Å². The summed E-state index contributed by atoms with van der Waals surface area (Å²) >= 11 is 0. The number of hydrogen-bond donors (Lipinski definition) is 1. The van der Waals surface area contributed by atoms with Crippen LogP contribution in [0.25, 0.3) is 10.9 Å². The molecule has 0 aliphatic heterocycles. The molecule has 1 unspecified atom stereocenters. The number of methoxy groups -OCH3 is 1. The number of hydrogen-bond acceptors (Lipinski definition) is 6. The van der Waals surface area contributed by atoms with Crippen molar-refractivity contribution in [3.63, 3.8) is 0 Å². The fourth-order valence-corrected chi connectivity index (χ4v) is 4.33. The quantitative estimate of drug-likeness (QED) is 0.391. The molecule has 0 fully saturated rings. The second-order valence-corrected chi connectivity index (χ2v) is 8.30. The number of ketones is 1. The molecule has 0 bridgehead atoms. The molecule has 36 heavy (non-hydrogen) atoms. The lowest BCUT2D eigenvalue weighted by Gasteiger charge is -2.24. The van der Waals surface area contributed by atoms with Crippen molar-refractivity contribution in [3.8, 4) is 23.1 Å². The number of alkyl halides is 3. The lowest BCUT2D eigenvalue weighted by atomic mass is 9.81. The standard InChI is InChI=1S/C26H19F3N2O5/c1-34-16-6-7-19-20(12-16)31-21-9-15(10-22(32)24(21)25(19)33)14-5-8-23(30-13-14)35-17-3-2-4-18(11-17)36-26(27,28)29/h2-8,11-13,15H,9-10H2,1H3,(H,31,33). The Balaban J connectivity index is 1.36. The lowest BCUT2D eigenvalue weighted by molar-refractivity contribution is -0.274. The third-order valence-electron chi connectivity index (χ3n) is 5.94. The van der Waals surface area contributed by atoms with Crippen LogP contribution in [0.15, 0.2) is 65.6 Å². The number of aromatic amines is 1. The van der Waals surface area contributed by atoms with Gasteiger partial charge in [0.15, 0.2) is 11.2 Å². The molecular formula is C26H19F3N2O5. The SMILES string of the molecule is COc1ccc2c(=O)c3c([nH]c2c1)CC(c1ccc(Oc2cccc(OC(F)(F)F)c2)nc1)CC3=O. The molecule has 10 heteroatoms. The molecular weight excluding hydrogens is 477 g/mol. The van der Waals surface area contributed by atoms with Crippen LogP contribution in [0.4, 0.5) is 13.2 Å². The number of ether oxygens (including phenoxy) is 3. The Morgan fingerprint density at radius 3 is 2.50 bits per heavy atom. The third kappa shape index (κ3) is 4.74. The van der Waals surface area contributed by atoms with E-state index in [1.807, 2.05) is 0 Å². The normalized spacial score (nSPS) is 15.4. The first-order chi connectivity index (χ1) is 17.2. The highest BCUT2D eigenvalue weighted by Gasteiger charge is 2.32. The van der Waals surface area contributed by atoms with Crippen LogP contribution >= 0.6 is 0 Å². The van der Waals surface area contributed by atoms with Gasteiger partial charge in [-0.15, -0.1) is 13.2 Å². The van der Waals surface area contributed by atoms with Gasteiger partial charge in [-0.3, -0.25) is 9.59 Å². The zero-order chi connectivity index (χ0) is 25.4. The van der Waals surface area contributed by atoms with Gasteiger partial charge < -0.3 is 19.2 Å². The highest BCUT2D eigenvalue weighted by molar-refractivity contribution is 6.01. The summed E-state index contributed by atoms with van der Waals surface area (Å²) in [7, 11) is 1.53. The van der Waals surface area contributed by atoms with Gasteiger partial charge in [-0.1, -0.05) is 12.1 Å². The highest BCUT2D eigenvalue weighted by atomic mass is 19.4. The van der Waals surface area contributed by atoms with Crippen molar-refractivity contribution in [2.75, 3.05) is 7.11 Å². The van der Waals surface area contributed by atoms with Crippen LogP contribution in [0.5, 0.6) is 23.1 Å². The van der Waals surface area contributed by atoms with Gasteiger partial charge in [-0.05, 0) is 42.2 Å². The maximum absolute atomic E-state index is 13.0. The molecule has 0 saturated heterocycles. The van der Waals surface area contributed by atoms with Gasteiger partial charge in [-0.25, -0.2) is 4.98 Å². The molecule has 1 atom stereocenters. The van der Waals surface area contributed by atoms with Crippen molar-refractivity contribution < 1.29 is 32.2 Å². The van der Waals surface area contributed by atoms with Crippen molar-refractivity contribution in [1.82, 2.24) is 9.97 Å². The van der Waals surface area contributed by atoms with Crippen molar-refractivity contribution in [2.45, 2.75) is 25.1 Å².